The van der Waals surface area contributed by atoms with Crippen molar-refractivity contribution in [3.8, 4) is 0 Å². The van der Waals surface area contributed by atoms with E-state index in [1.54, 1.807) is 19.1 Å². The number of fused-ring (bicyclic) bond motifs is 1. The summed E-state index contributed by atoms with van der Waals surface area (Å²) in [6, 6.07) is 4.96. The highest BCUT2D eigenvalue weighted by molar-refractivity contribution is 7.99. The third kappa shape index (κ3) is 3.89. The minimum atomic E-state index is -0.486. The van der Waals surface area contributed by atoms with E-state index >= 15 is 0 Å². The number of hydrogen-bond acceptors (Lipinski definition) is 4. The van der Waals surface area contributed by atoms with E-state index in [0.717, 1.165) is 11.0 Å². The maximum absolute atomic E-state index is 11.6. The van der Waals surface area contributed by atoms with Gasteiger partial charge in [0, 0.05) is 18.6 Å². The van der Waals surface area contributed by atoms with E-state index in [9.17, 15) is 9.59 Å². The van der Waals surface area contributed by atoms with E-state index in [1.165, 1.54) is 11.8 Å². The Bertz CT molecular complexity index is 686. The second-order valence-electron chi connectivity index (χ2n) is 4.28. The van der Waals surface area contributed by atoms with E-state index in [2.05, 4.69) is 15.6 Å². The predicted molar refractivity (Wildman–Crippen MR) is 83.7 cm³/mol. The number of rotatable bonds is 4. The third-order valence-electron chi connectivity index (χ3n) is 2.72. The van der Waals surface area contributed by atoms with Crippen LogP contribution in [0.2, 0.25) is 5.02 Å². The van der Waals surface area contributed by atoms with E-state index in [-0.39, 0.29) is 11.7 Å². The van der Waals surface area contributed by atoms with Crippen LogP contribution in [0.1, 0.15) is 6.92 Å². The summed E-state index contributed by atoms with van der Waals surface area (Å²) in [5.74, 6) is -0.252. The maximum Gasteiger partial charge on any atom is 0.321 e. The molecule has 0 atom stereocenters. The molecule has 0 bridgehead atoms. The van der Waals surface area contributed by atoms with Gasteiger partial charge in [-0.05, 0) is 25.1 Å². The average Bonchev–Trinajstić information content (AvgIpc) is 2.72. The van der Waals surface area contributed by atoms with Crippen molar-refractivity contribution in [2.75, 3.05) is 12.3 Å². The second kappa shape index (κ2) is 6.82. The van der Waals surface area contributed by atoms with Gasteiger partial charge in [0.25, 0.3) is 0 Å². The molecule has 2 aromatic rings. The number of aryl methyl sites for hydroxylation is 1. The van der Waals surface area contributed by atoms with Crippen molar-refractivity contribution in [3.05, 3.63) is 23.2 Å². The molecule has 2 rings (SSSR count). The minimum absolute atomic E-state index is 0.113. The molecule has 1 aromatic carbocycles. The van der Waals surface area contributed by atoms with E-state index in [0.29, 0.717) is 16.7 Å². The van der Waals surface area contributed by atoms with Gasteiger partial charge in [0.15, 0.2) is 5.16 Å². The normalized spacial score (nSPS) is 10.6. The molecule has 0 saturated heterocycles. The highest BCUT2D eigenvalue weighted by atomic mass is 35.5. The number of urea groups is 1. The molecule has 0 aliphatic carbocycles. The van der Waals surface area contributed by atoms with Crippen molar-refractivity contribution in [1.29, 1.82) is 0 Å². The molecule has 0 aliphatic heterocycles. The Balaban J connectivity index is 2.02. The zero-order valence-corrected chi connectivity index (χ0v) is 13.2. The van der Waals surface area contributed by atoms with Crippen LogP contribution in [0.5, 0.6) is 0 Å². The quantitative estimate of drug-likeness (QED) is 0.844. The summed E-state index contributed by atoms with van der Waals surface area (Å²) in [4.78, 5) is 27.3. The third-order valence-corrected chi connectivity index (χ3v) is 3.99. The lowest BCUT2D eigenvalue weighted by Crippen LogP contribution is -2.40. The van der Waals surface area contributed by atoms with E-state index in [4.69, 9.17) is 11.6 Å². The highest BCUT2D eigenvalue weighted by Gasteiger charge is 2.12. The lowest BCUT2D eigenvalue weighted by Gasteiger charge is -2.04. The molecular weight excluding hydrogens is 312 g/mol. The largest absolute Gasteiger partial charge is 0.338 e. The lowest BCUT2D eigenvalue weighted by atomic mass is 10.3. The van der Waals surface area contributed by atoms with Crippen LogP contribution < -0.4 is 10.6 Å². The highest BCUT2D eigenvalue weighted by Crippen LogP contribution is 2.24. The molecule has 0 unspecified atom stereocenters. The molecular formula is C13H15ClN4O2S. The van der Waals surface area contributed by atoms with Gasteiger partial charge in [-0.15, -0.1) is 0 Å². The van der Waals surface area contributed by atoms with Crippen LogP contribution in [0, 0.1) is 0 Å². The fourth-order valence-corrected chi connectivity index (χ4v) is 2.73. The van der Waals surface area contributed by atoms with Crippen LogP contribution in [0.25, 0.3) is 11.0 Å². The zero-order chi connectivity index (χ0) is 15.4. The Morgan fingerprint density at radius 2 is 2.19 bits per heavy atom. The second-order valence-corrected chi connectivity index (χ2v) is 5.66. The van der Waals surface area contributed by atoms with E-state index in [1.807, 2.05) is 17.7 Å². The van der Waals surface area contributed by atoms with Gasteiger partial charge in [0.1, 0.15) is 0 Å². The van der Waals surface area contributed by atoms with Crippen LogP contribution >= 0.6 is 23.4 Å². The van der Waals surface area contributed by atoms with Crippen molar-refractivity contribution in [3.63, 3.8) is 0 Å². The fraction of sp³-hybridized carbons (Fsp3) is 0.308. The molecule has 8 heteroatoms. The van der Waals surface area contributed by atoms with Gasteiger partial charge >= 0.3 is 6.03 Å². The molecule has 0 radical (unpaired) electrons. The van der Waals surface area contributed by atoms with Crippen molar-refractivity contribution >= 4 is 46.3 Å². The molecule has 1 aromatic heterocycles. The van der Waals surface area contributed by atoms with Crippen LogP contribution in [-0.2, 0) is 11.8 Å². The van der Waals surface area contributed by atoms with Crippen molar-refractivity contribution in [2.45, 2.75) is 12.1 Å². The van der Waals surface area contributed by atoms with Gasteiger partial charge in [-0.3, -0.25) is 10.1 Å². The van der Waals surface area contributed by atoms with Crippen LogP contribution in [0.4, 0.5) is 4.79 Å². The van der Waals surface area contributed by atoms with Gasteiger partial charge in [-0.2, -0.15) is 0 Å². The van der Waals surface area contributed by atoms with Gasteiger partial charge in [-0.25, -0.2) is 9.78 Å². The fourth-order valence-electron chi connectivity index (χ4n) is 1.78. The molecule has 1 heterocycles. The standard InChI is InChI=1S/C13H15ClN4O2S/c1-3-15-12(20)17-11(19)7-21-13-16-9-6-8(14)4-5-10(9)18(13)2/h4-6H,3,7H2,1-2H3,(H2,15,17,19,20). The van der Waals surface area contributed by atoms with Crippen LogP contribution in [-0.4, -0.2) is 33.8 Å². The topological polar surface area (TPSA) is 76.0 Å². The van der Waals surface area contributed by atoms with Crippen LogP contribution in [0.3, 0.4) is 0 Å². The predicted octanol–water partition coefficient (Wildman–Crippen LogP) is 2.16. The molecule has 0 fully saturated rings. The number of halogens is 1. The summed E-state index contributed by atoms with van der Waals surface area (Å²) >= 11 is 7.19. The number of imidazole rings is 1. The maximum atomic E-state index is 11.6. The number of carbonyl (C=O) groups excluding carboxylic acids is 2. The molecule has 0 saturated carbocycles. The lowest BCUT2D eigenvalue weighted by molar-refractivity contribution is -0.117. The first-order valence-corrected chi connectivity index (χ1v) is 7.70. The molecule has 3 amide bonds. The van der Waals surface area contributed by atoms with Crippen LogP contribution in [0.15, 0.2) is 23.4 Å². The number of imide groups is 1. The number of aromatic nitrogens is 2. The van der Waals surface area contributed by atoms with Gasteiger partial charge in [-0.1, -0.05) is 23.4 Å². The molecule has 21 heavy (non-hydrogen) atoms. The molecule has 2 N–H and O–H groups in total. The number of thioether (sulfide) groups is 1. The zero-order valence-electron chi connectivity index (χ0n) is 11.6. The first-order valence-electron chi connectivity index (χ1n) is 6.33. The first-order chi connectivity index (χ1) is 10.0. The number of nitrogens with one attached hydrogen (secondary N) is 2. The van der Waals surface area contributed by atoms with Crippen molar-refractivity contribution in [2.24, 2.45) is 7.05 Å². The Kier molecular flexibility index (Phi) is 5.08. The van der Waals surface area contributed by atoms with Gasteiger partial charge in [0.2, 0.25) is 5.91 Å². The number of amides is 3. The molecule has 112 valence electrons. The Hall–Kier alpha value is -1.73. The van der Waals surface area contributed by atoms with Crippen molar-refractivity contribution < 1.29 is 9.59 Å². The van der Waals surface area contributed by atoms with Gasteiger partial charge in [0.05, 0.1) is 16.8 Å². The molecule has 0 spiro atoms. The average molecular weight is 327 g/mol. The van der Waals surface area contributed by atoms with Crippen molar-refractivity contribution in [1.82, 2.24) is 20.2 Å². The Labute approximate surface area is 131 Å². The molecule has 6 nitrogen and oxygen atoms in total. The van der Waals surface area contributed by atoms with E-state index < -0.39 is 6.03 Å². The summed E-state index contributed by atoms with van der Waals surface area (Å²) in [5, 5.41) is 6.05. The first kappa shape index (κ1) is 15.7. The molecule has 0 aliphatic rings. The monoisotopic (exact) mass is 326 g/mol. The number of hydrogen-bond donors (Lipinski definition) is 2. The summed E-state index contributed by atoms with van der Waals surface area (Å²) in [6.45, 7) is 2.25. The summed E-state index contributed by atoms with van der Waals surface area (Å²) < 4.78 is 1.88. The Morgan fingerprint density at radius 1 is 1.43 bits per heavy atom. The minimum Gasteiger partial charge on any atom is -0.338 e. The number of nitrogens with zero attached hydrogens (tertiary/aromatic N) is 2. The summed E-state index contributed by atoms with van der Waals surface area (Å²) in [7, 11) is 1.87. The number of benzene rings is 1. The SMILES string of the molecule is CCNC(=O)NC(=O)CSc1nc2cc(Cl)ccc2n1C. The summed E-state index contributed by atoms with van der Waals surface area (Å²) in [6.07, 6.45) is 0. The smallest absolute Gasteiger partial charge is 0.321 e. The summed E-state index contributed by atoms with van der Waals surface area (Å²) in [5.41, 5.74) is 1.71. The number of carbonyl (C=O) groups is 2. The Morgan fingerprint density at radius 3 is 2.90 bits per heavy atom. The van der Waals surface area contributed by atoms with Gasteiger partial charge < -0.3 is 9.88 Å².